The molecule has 2 unspecified atom stereocenters. The van der Waals surface area contributed by atoms with E-state index in [4.69, 9.17) is 5.73 Å². The van der Waals surface area contributed by atoms with Gasteiger partial charge >= 0.3 is 0 Å². The maximum atomic E-state index is 5.99. The molecule has 4 heteroatoms. The molecule has 2 rings (SSSR count). The van der Waals surface area contributed by atoms with Crippen LogP contribution in [0.5, 0.6) is 0 Å². The Morgan fingerprint density at radius 3 is 3.14 bits per heavy atom. The summed E-state index contributed by atoms with van der Waals surface area (Å²) < 4.78 is 0. The van der Waals surface area contributed by atoms with E-state index in [0.717, 1.165) is 32.0 Å². The zero-order valence-electron chi connectivity index (χ0n) is 8.52. The second-order valence-electron chi connectivity index (χ2n) is 4.27. The van der Waals surface area contributed by atoms with Gasteiger partial charge in [-0.25, -0.2) is 4.98 Å². The Labute approximate surface area is 88.9 Å². The lowest BCUT2D eigenvalue weighted by Gasteiger charge is -2.34. The fraction of sp³-hybridized carbons (Fsp3) is 0.700. The van der Waals surface area contributed by atoms with E-state index in [9.17, 15) is 0 Å². The summed E-state index contributed by atoms with van der Waals surface area (Å²) in [7, 11) is 0. The summed E-state index contributed by atoms with van der Waals surface area (Å²) >= 11 is 1.66. The summed E-state index contributed by atoms with van der Waals surface area (Å²) in [6.45, 7) is 5.40. The number of nitrogens with two attached hydrogens (primary N) is 1. The summed E-state index contributed by atoms with van der Waals surface area (Å²) in [4.78, 5) is 6.71. The first-order chi connectivity index (χ1) is 6.74. The average molecular weight is 211 g/mol. The van der Waals surface area contributed by atoms with Crippen LogP contribution < -0.4 is 5.73 Å². The lowest BCUT2D eigenvalue weighted by Crippen LogP contribution is -2.45. The first-order valence-corrected chi connectivity index (χ1v) is 6.03. The second-order valence-corrected chi connectivity index (χ2v) is 4.99. The van der Waals surface area contributed by atoms with Gasteiger partial charge in [0.25, 0.3) is 0 Å². The molecular formula is C10H17N3S. The van der Waals surface area contributed by atoms with Gasteiger partial charge in [-0.2, -0.15) is 0 Å². The Morgan fingerprint density at radius 2 is 2.50 bits per heavy atom. The molecular weight excluding hydrogens is 194 g/mol. The van der Waals surface area contributed by atoms with Gasteiger partial charge in [-0.05, 0) is 12.3 Å². The fourth-order valence-corrected chi connectivity index (χ4v) is 2.74. The molecule has 0 aliphatic carbocycles. The number of rotatable bonds is 2. The zero-order valence-corrected chi connectivity index (χ0v) is 9.33. The van der Waals surface area contributed by atoms with Crippen molar-refractivity contribution < 1.29 is 0 Å². The highest BCUT2D eigenvalue weighted by atomic mass is 32.1. The molecule has 3 nitrogen and oxygen atoms in total. The predicted molar refractivity (Wildman–Crippen MR) is 59.1 cm³/mol. The highest BCUT2D eigenvalue weighted by molar-refractivity contribution is 7.07. The SMILES string of the molecule is CC1CC(N)CN(Cc2cscn2)C1. The van der Waals surface area contributed by atoms with E-state index in [1.165, 1.54) is 5.69 Å². The molecule has 0 bridgehead atoms. The molecule has 2 atom stereocenters. The Bertz CT molecular complexity index is 263. The van der Waals surface area contributed by atoms with E-state index >= 15 is 0 Å². The molecule has 0 saturated carbocycles. The molecule has 1 aromatic heterocycles. The predicted octanol–water partition coefficient (Wildman–Crippen LogP) is 1.31. The summed E-state index contributed by atoms with van der Waals surface area (Å²) in [5, 5.41) is 2.12. The molecule has 1 aliphatic rings. The van der Waals surface area contributed by atoms with Crippen LogP contribution in [0.15, 0.2) is 10.9 Å². The van der Waals surface area contributed by atoms with Crippen molar-refractivity contribution >= 4 is 11.3 Å². The maximum Gasteiger partial charge on any atom is 0.0795 e. The molecule has 1 fully saturated rings. The van der Waals surface area contributed by atoms with Gasteiger partial charge in [0, 0.05) is 31.1 Å². The van der Waals surface area contributed by atoms with Gasteiger partial charge in [-0.3, -0.25) is 4.90 Å². The number of thiazole rings is 1. The van der Waals surface area contributed by atoms with Gasteiger partial charge in [0.2, 0.25) is 0 Å². The number of piperidine rings is 1. The minimum atomic E-state index is 0.345. The van der Waals surface area contributed by atoms with Crippen molar-refractivity contribution in [3.8, 4) is 0 Å². The van der Waals surface area contributed by atoms with Crippen LogP contribution in [0.25, 0.3) is 0 Å². The summed E-state index contributed by atoms with van der Waals surface area (Å²) in [6, 6.07) is 0.345. The van der Waals surface area contributed by atoms with E-state index in [1.807, 2.05) is 5.51 Å². The minimum Gasteiger partial charge on any atom is -0.327 e. The van der Waals surface area contributed by atoms with Crippen LogP contribution in [0.3, 0.4) is 0 Å². The topological polar surface area (TPSA) is 42.1 Å². The van der Waals surface area contributed by atoms with Crippen molar-refractivity contribution in [3.63, 3.8) is 0 Å². The van der Waals surface area contributed by atoms with E-state index in [-0.39, 0.29) is 0 Å². The van der Waals surface area contributed by atoms with Gasteiger partial charge in [0.05, 0.1) is 11.2 Å². The largest absolute Gasteiger partial charge is 0.327 e. The van der Waals surface area contributed by atoms with Crippen molar-refractivity contribution in [1.29, 1.82) is 0 Å². The van der Waals surface area contributed by atoms with Crippen LogP contribution in [0, 0.1) is 5.92 Å². The van der Waals surface area contributed by atoms with Crippen molar-refractivity contribution in [2.24, 2.45) is 11.7 Å². The first kappa shape index (κ1) is 10.1. The number of hydrogen-bond donors (Lipinski definition) is 1. The minimum absolute atomic E-state index is 0.345. The lowest BCUT2D eigenvalue weighted by molar-refractivity contribution is 0.157. The molecule has 2 N–H and O–H groups in total. The number of hydrogen-bond acceptors (Lipinski definition) is 4. The van der Waals surface area contributed by atoms with Crippen molar-refractivity contribution in [1.82, 2.24) is 9.88 Å². The van der Waals surface area contributed by atoms with Crippen molar-refractivity contribution in [2.45, 2.75) is 25.9 Å². The molecule has 0 amide bonds. The number of nitrogens with zero attached hydrogens (tertiary/aromatic N) is 2. The van der Waals surface area contributed by atoms with E-state index in [1.54, 1.807) is 11.3 Å². The maximum absolute atomic E-state index is 5.99. The number of aromatic nitrogens is 1. The monoisotopic (exact) mass is 211 g/mol. The molecule has 78 valence electrons. The Kier molecular flexibility index (Phi) is 3.15. The first-order valence-electron chi connectivity index (χ1n) is 5.09. The molecule has 1 aliphatic heterocycles. The lowest BCUT2D eigenvalue weighted by atomic mass is 9.96. The second kappa shape index (κ2) is 4.38. The van der Waals surface area contributed by atoms with Gasteiger partial charge in [-0.15, -0.1) is 11.3 Å². The Hall–Kier alpha value is -0.450. The van der Waals surface area contributed by atoms with Crippen LogP contribution in [-0.4, -0.2) is 29.0 Å². The van der Waals surface area contributed by atoms with Gasteiger partial charge in [0.1, 0.15) is 0 Å². The molecule has 14 heavy (non-hydrogen) atoms. The molecule has 2 heterocycles. The zero-order chi connectivity index (χ0) is 9.97. The van der Waals surface area contributed by atoms with Crippen LogP contribution in [-0.2, 0) is 6.54 Å². The third-order valence-electron chi connectivity index (χ3n) is 2.64. The quantitative estimate of drug-likeness (QED) is 0.802. The van der Waals surface area contributed by atoms with Gasteiger partial charge in [-0.1, -0.05) is 6.92 Å². The standard InChI is InChI=1S/C10H17N3S/c1-8-2-9(11)4-13(3-8)5-10-6-14-7-12-10/h6-9H,2-5,11H2,1H3. The Balaban J connectivity index is 1.91. The highest BCUT2D eigenvalue weighted by Gasteiger charge is 2.22. The average Bonchev–Trinajstić information content (AvgIpc) is 2.54. The van der Waals surface area contributed by atoms with Crippen molar-refractivity contribution in [2.75, 3.05) is 13.1 Å². The van der Waals surface area contributed by atoms with E-state index in [0.29, 0.717) is 6.04 Å². The number of likely N-dealkylation sites (tertiary alicyclic amines) is 1. The van der Waals surface area contributed by atoms with Crippen LogP contribution >= 0.6 is 11.3 Å². The molecule has 1 saturated heterocycles. The molecule has 0 spiro atoms. The van der Waals surface area contributed by atoms with Gasteiger partial charge < -0.3 is 5.73 Å². The molecule has 1 aromatic rings. The summed E-state index contributed by atoms with van der Waals surface area (Å²) in [6.07, 6.45) is 1.16. The van der Waals surface area contributed by atoms with E-state index < -0.39 is 0 Å². The fourth-order valence-electron chi connectivity index (χ4n) is 2.19. The van der Waals surface area contributed by atoms with Crippen LogP contribution in [0.2, 0.25) is 0 Å². The molecule has 0 radical (unpaired) electrons. The Morgan fingerprint density at radius 1 is 1.64 bits per heavy atom. The normalized spacial score (nSPS) is 29.3. The summed E-state index contributed by atoms with van der Waals surface area (Å²) in [5.41, 5.74) is 9.05. The smallest absolute Gasteiger partial charge is 0.0795 e. The van der Waals surface area contributed by atoms with Crippen LogP contribution in [0.4, 0.5) is 0 Å². The third-order valence-corrected chi connectivity index (χ3v) is 3.27. The van der Waals surface area contributed by atoms with E-state index in [2.05, 4.69) is 22.2 Å². The van der Waals surface area contributed by atoms with Crippen molar-refractivity contribution in [3.05, 3.63) is 16.6 Å². The molecule has 0 aromatic carbocycles. The van der Waals surface area contributed by atoms with Gasteiger partial charge in [0.15, 0.2) is 0 Å². The highest BCUT2D eigenvalue weighted by Crippen LogP contribution is 2.17. The third kappa shape index (κ3) is 2.53. The van der Waals surface area contributed by atoms with Crippen LogP contribution in [0.1, 0.15) is 19.0 Å². The summed E-state index contributed by atoms with van der Waals surface area (Å²) in [5.74, 6) is 0.720.